The Morgan fingerprint density at radius 2 is 1.52 bits per heavy atom. The van der Waals surface area contributed by atoms with Crippen molar-refractivity contribution in [3.05, 3.63) is 88.8 Å². The highest BCUT2D eigenvalue weighted by molar-refractivity contribution is 7.49. The molecule has 0 saturated heterocycles. The second kappa shape index (κ2) is 10.3. The molecule has 0 radical (unpaired) electrons. The van der Waals surface area contributed by atoms with E-state index in [0.717, 1.165) is 24.0 Å². The highest BCUT2D eigenvalue weighted by Gasteiger charge is 2.34. The Kier molecular flexibility index (Phi) is 7.56. The number of hydrogen-bond donors (Lipinski definition) is 0. The van der Waals surface area contributed by atoms with Gasteiger partial charge in [0, 0.05) is 6.42 Å². The van der Waals surface area contributed by atoms with E-state index in [-0.39, 0.29) is 0 Å². The molecule has 0 aliphatic carbocycles. The zero-order chi connectivity index (χ0) is 20.5. The Bertz CT molecular complexity index is 908. The summed E-state index contributed by atoms with van der Waals surface area (Å²) < 4.78 is 31.3. The van der Waals surface area contributed by atoms with Crippen LogP contribution in [0.15, 0.2) is 83.2 Å². The minimum atomic E-state index is -3.97. The van der Waals surface area contributed by atoms with E-state index in [0.29, 0.717) is 23.7 Å². The van der Waals surface area contributed by atoms with Crippen molar-refractivity contribution in [1.82, 2.24) is 0 Å². The van der Waals surface area contributed by atoms with Gasteiger partial charge in [0.05, 0.1) is 0 Å². The van der Waals surface area contributed by atoms with E-state index >= 15 is 0 Å². The van der Waals surface area contributed by atoms with Crippen molar-refractivity contribution in [3.8, 4) is 11.5 Å². The SMILES string of the molecule is CCCC/C(OP(=O)(Oc1ccccc1)Oc1ccccc1)=C(\C)c1ccsc1. The molecule has 152 valence electrons. The van der Waals surface area contributed by atoms with Crippen LogP contribution in [0, 0.1) is 0 Å². The van der Waals surface area contributed by atoms with Gasteiger partial charge in [-0.3, -0.25) is 0 Å². The molecule has 0 saturated carbocycles. The van der Waals surface area contributed by atoms with Crippen LogP contribution in [0.1, 0.15) is 38.7 Å². The number of phosphoric ester groups is 1. The Hall–Kier alpha value is -2.49. The lowest BCUT2D eigenvalue weighted by Gasteiger charge is -2.22. The lowest BCUT2D eigenvalue weighted by Crippen LogP contribution is -2.06. The highest BCUT2D eigenvalue weighted by atomic mass is 32.1. The van der Waals surface area contributed by atoms with Gasteiger partial charge in [-0.25, -0.2) is 0 Å². The van der Waals surface area contributed by atoms with Gasteiger partial charge >= 0.3 is 7.82 Å². The zero-order valence-corrected chi connectivity index (χ0v) is 18.3. The molecule has 0 atom stereocenters. The van der Waals surface area contributed by atoms with Gasteiger partial charge in [-0.15, -0.1) is 0 Å². The third-order valence-corrected chi connectivity index (χ3v) is 6.27. The maximum atomic E-state index is 13.7. The predicted molar refractivity (Wildman–Crippen MR) is 119 cm³/mol. The third-order valence-electron chi connectivity index (χ3n) is 4.27. The van der Waals surface area contributed by atoms with Gasteiger partial charge < -0.3 is 13.6 Å². The van der Waals surface area contributed by atoms with Gasteiger partial charge in [0.25, 0.3) is 0 Å². The number of hydrogen-bond acceptors (Lipinski definition) is 5. The van der Waals surface area contributed by atoms with Crippen LogP contribution in [0.5, 0.6) is 11.5 Å². The van der Waals surface area contributed by atoms with E-state index < -0.39 is 7.82 Å². The van der Waals surface area contributed by atoms with Crippen molar-refractivity contribution >= 4 is 24.7 Å². The monoisotopic (exact) mass is 428 g/mol. The van der Waals surface area contributed by atoms with Crippen LogP contribution in [0.4, 0.5) is 0 Å². The number of rotatable bonds is 10. The number of thiophene rings is 1. The molecule has 0 N–H and O–H groups in total. The molecule has 3 aromatic rings. The van der Waals surface area contributed by atoms with Crippen molar-refractivity contribution in [1.29, 1.82) is 0 Å². The normalized spacial score (nSPS) is 12.2. The Labute approximate surface area is 176 Å². The summed E-state index contributed by atoms with van der Waals surface area (Å²) in [6.45, 7) is 4.08. The standard InChI is InChI=1S/C23H25O4PS/c1-3-4-15-23(19(2)20-16-17-29-18-20)27-28(24,25-21-11-7-5-8-12-21)26-22-13-9-6-10-14-22/h5-14,16-18H,3-4,15H2,1-2H3/b23-19-. The van der Waals surface area contributed by atoms with Gasteiger partial charge in [-0.05, 0) is 65.6 Å². The Balaban J connectivity index is 1.94. The summed E-state index contributed by atoms with van der Waals surface area (Å²) in [5.41, 5.74) is 1.99. The molecule has 0 fully saturated rings. The second-order valence-corrected chi connectivity index (χ2v) is 8.73. The highest BCUT2D eigenvalue weighted by Crippen LogP contribution is 2.52. The largest absolute Gasteiger partial charge is 0.646 e. The van der Waals surface area contributed by atoms with Crippen LogP contribution in [-0.4, -0.2) is 0 Å². The van der Waals surface area contributed by atoms with Crippen molar-refractivity contribution in [2.24, 2.45) is 0 Å². The quantitative estimate of drug-likeness (QED) is 0.243. The number of allylic oxidation sites excluding steroid dienone is 2. The fourth-order valence-electron chi connectivity index (χ4n) is 2.69. The minimum Gasteiger partial charge on any atom is -0.390 e. The number of phosphoric acid groups is 1. The van der Waals surface area contributed by atoms with Gasteiger partial charge in [0.2, 0.25) is 0 Å². The van der Waals surface area contributed by atoms with Gasteiger partial charge in [0.1, 0.15) is 17.3 Å². The van der Waals surface area contributed by atoms with E-state index in [2.05, 4.69) is 6.92 Å². The molecule has 1 heterocycles. The summed E-state index contributed by atoms with van der Waals surface area (Å²) in [4.78, 5) is 0. The summed E-state index contributed by atoms with van der Waals surface area (Å²) in [7, 11) is -3.97. The van der Waals surface area contributed by atoms with Crippen molar-refractivity contribution in [2.75, 3.05) is 0 Å². The first kappa shape index (κ1) is 21.2. The Morgan fingerprint density at radius 3 is 2.00 bits per heavy atom. The average molecular weight is 428 g/mol. The number of para-hydroxylation sites is 2. The summed E-state index contributed by atoms with van der Waals surface area (Å²) in [6, 6.07) is 19.9. The second-order valence-electron chi connectivity index (χ2n) is 6.51. The van der Waals surface area contributed by atoms with E-state index in [9.17, 15) is 4.57 Å². The van der Waals surface area contributed by atoms with Crippen LogP contribution in [0.25, 0.3) is 5.57 Å². The van der Waals surface area contributed by atoms with Crippen molar-refractivity contribution < 1.29 is 18.1 Å². The molecule has 3 rings (SSSR count). The third kappa shape index (κ3) is 6.25. The summed E-state index contributed by atoms with van der Waals surface area (Å²) in [6.07, 6.45) is 2.55. The lowest BCUT2D eigenvalue weighted by molar-refractivity contribution is 0.250. The molecular formula is C23H25O4PS. The predicted octanol–water partition coefficient (Wildman–Crippen LogP) is 7.95. The molecule has 6 heteroatoms. The minimum absolute atomic E-state index is 0.426. The summed E-state index contributed by atoms with van der Waals surface area (Å²) in [5.74, 6) is 1.48. The first-order valence-corrected chi connectivity index (χ1v) is 12.0. The molecule has 4 nitrogen and oxygen atoms in total. The molecule has 29 heavy (non-hydrogen) atoms. The molecule has 1 aromatic heterocycles. The first-order chi connectivity index (χ1) is 14.1. The van der Waals surface area contributed by atoms with Gasteiger partial charge in [0.15, 0.2) is 0 Å². The van der Waals surface area contributed by atoms with Crippen LogP contribution >= 0.6 is 19.2 Å². The molecule has 0 amide bonds. The van der Waals surface area contributed by atoms with Crippen LogP contribution in [0.3, 0.4) is 0 Å². The van der Waals surface area contributed by atoms with Crippen molar-refractivity contribution in [2.45, 2.75) is 33.1 Å². The van der Waals surface area contributed by atoms with Gasteiger partial charge in [-0.2, -0.15) is 15.9 Å². The van der Waals surface area contributed by atoms with Crippen LogP contribution in [-0.2, 0) is 9.09 Å². The topological polar surface area (TPSA) is 44.8 Å². The zero-order valence-electron chi connectivity index (χ0n) is 16.6. The van der Waals surface area contributed by atoms with E-state index in [1.165, 1.54) is 0 Å². The van der Waals surface area contributed by atoms with Crippen molar-refractivity contribution in [3.63, 3.8) is 0 Å². The molecule has 0 unspecified atom stereocenters. The molecule has 2 aromatic carbocycles. The molecule has 0 bridgehead atoms. The summed E-state index contributed by atoms with van der Waals surface area (Å²) >= 11 is 1.61. The fraction of sp³-hybridized carbons (Fsp3) is 0.217. The number of benzene rings is 2. The van der Waals surface area contributed by atoms with Gasteiger partial charge in [-0.1, -0.05) is 49.7 Å². The molecular weight excluding hydrogens is 403 g/mol. The molecule has 0 aliphatic heterocycles. The Morgan fingerprint density at radius 1 is 0.931 bits per heavy atom. The van der Waals surface area contributed by atoms with E-state index in [4.69, 9.17) is 13.6 Å². The molecule has 0 aliphatic rings. The lowest BCUT2D eigenvalue weighted by atomic mass is 10.1. The smallest absolute Gasteiger partial charge is 0.390 e. The fourth-order valence-corrected chi connectivity index (χ4v) is 4.77. The first-order valence-electron chi connectivity index (χ1n) is 9.61. The van der Waals surface area contributed by atoms with Crippen LogP contribution in [0.2, 0.25) is 0 Å². The maximum Gasteiger partial charge on any atom is 0.646 e. The molecule has 0 spiro atoms. The maximum absolute atomic E-state index is 13.7. The van der Waals surface area contributed by atoms with Crippen LogP contribution < -0.4 is 9.05 Å². The average Bonchev–Trinajstić information content (AvgIpc) is 3.27. The number of unbranched alkanes of at least 4 members (excludes halogenated alkanes) is 1. The van der Waals surface area contributed by atoms with E-state index in [1.807, 2.05) is 60.1 Å². The summed E-state index contributed by atoms with van der Waals surface area (Å²) in [5, 5.41) is 4.06. The van der Waals surface area contributed by atoms with E-state index in [1.54, 1.807) is 35.6 Å².